The van der Waals surface area contributed by atoms with Crippen LogP contribution in [0.2, 0.25) is 0 Å². The van der Waals surface area contributed by atoms with Crippen molar-refractivity contribution in [3.8, 4) is 11.9 Å². The van der Waals surface area contributed by atoms with E-state index in [-0.39, 0.29) is 10.9 Å². The third-order valence-electron chi connectivity index (χ3n) is 4.14. The Morgan fingerprint density at radius 2 is 1.96 bits per heavy atom. The molecule has 0 saturated carbocycles. The van der Waals surface area contributed by atoms with E-state index in [0.717, 1.165) is 12.1 Å². The summed E-state index contributed by atoms with van der Waals surface area (Å²) in [6, 6.07) is 4.72. The first-order valence-electron chi connectivity index (χ1n) is 6.94. The van der Waals surface area contributed by atoms with Crippen LogP contribution in [0.3, 0.4) is 0 Å². The quantitative estimate of drug-likeness (QED) is 0.612. The molecule has 1 aromatic heterocycles. The number of nitrogens with zero attached hydrogens (tertiary/aromatic N) is 2. The molecule has 0 bridgehead atoms. The van der Waals surface area contributed by atoms with Crippen molar-refractivity contribution in [2.45, 2.75) is 11.6 Å². The van der Waals surface area contributed by atoms with Crippen LogP contribution >= 0.6 is 15.9 Å². The number of carboxylic acids is 1. The van der Waals surface area contributed by atoms with Crippen molar-refractivity contribution in [2.75, 3.05) is 0 Å². The van der Waals surface area contributed by atoms with E-state index in [9.17, 15) is 38.2 Å². The summed E-state index contributed by atoms with van der Waals surface area (Å²) in [5.41, 5.74) is -1.20. The number of hydrogen-bond donors (Lipinski definition) is 3. The molecule has 0 amide bonds. The second-order valence-electron chi connectivity index (χ2n) is 5.47. The summed E-state index contributed by atoms with van der Waals surface area (Å²) in [7, 11) is 0. The summed E-state index contributed by atoms with van der Waals surface area (Å²) in [5, 5.41) is 27.9. The molecule has 12 heteroatoms. The lowest BCUT2D eigenvalue weighted by Gasteiger charge is -2.35. The van der Waals surface area contributed by atoms with Crippen LogP contribution in [0.4, 0.5) is 18.0 Å². The Bertz CT molecular complexity index is 1100. The summed E-state index contributed by atoms with van der Waals surface area (Å²) in [5.74, 6) is -4.52. The van der Waals surface area contributed by atoms with E-state index in [2.05, 4.69) is 15.9 Å². The molecule has 0 spiro atoms. The van der Waals surface area contributed by atoms with Crippen molar-refractivity contribution < 1.29 is 37.7 Å². The molecule has 1 aliphatic heterocycles. The van der Waals surface area contributed by atoms with Gasteiger partial charge in [-0.1, -0.05) is 22.0 Å². The number of nitrogens with two attached hydrogens (primary N) is 1. The highest BCUT2D eigenvalue weighted by Crippen LogP contribution is 2.56. The maximum atomic E-state index is 14.1. The molecule has 0 aliphatic carbocycles. The predicted octanol–water partition coefficient (Wildman–Crippen LogP) is 2.90. The maximum Gasteiger partial charge on any atom is 0.418 e. The van der Waals surface area contributed by atoms with Gasteiger partial charge in [0.05, 0.1) is 11.1 Å². The Labute approximate surface area is 156 Å². The molecule has 2 aromatic rings. The van der Waals surface area contributed by atoms with Gasteiger partial charge in [0.2, 0.25) is 17.2 Å². The predicted molar refractivity (Wildman–Crippen MR) is 85.9 cm³/mol. The number of rotatable bonds is 1. The van der Waals surface area contributed by atoms with Crippen molar-refractivity contribution in [3.63, 3.8) is 0 Å². The zero-order valence-electron chi connectivity index (χ0n) is 12.8. The lowest BCUT2D eigenvalue weighted by Crippen LogP contribution is -2.53. The molecule has 4 N–H and O–H groups in total. The highest BCUT2D eigenvalue weighted by atomic mass is 79.9. The lowest BCUT2D eigenvalue weighted by atomic mass is 9.72. The number of alkyl halides is 3. The van der Waals surface area contributed by atoms with E-state index in [0.29, 0.717) is 9.04 Å². The van der Waals surface area contributed by atoms with Gasteiger partial charge in [0.1, 0.15) is 11.6 Å². The first kappa shape index (κ1) is 18.6. The number of fused-ring (bicyclic) bond motifs is 3. The summed E-state index contributed by atoms with van der Waals surface area (Å²) in [6.45, 7) is 0. The molecule has 3 rings (SSSR count). The van der Waals surface area contributed by atoms with Gasteiger partial charge in [0.15, 0.2) is 0 Å². The van der Waals surface area contributed by atoms with E-state index in [4.69, 9.17) is 10.5 Å². The minimum atomic E-state index is -5.53. The minimum Gasteiger partial charge on any atom is -0.480 e. The number of hydrogen-bond acceptors (Lipinski definition) is 5. The standard InChI is InChI=1S/C15H7BrF3N3O5/c16-5-1-2-6-8(3-5)22(13(25)26)11-9(6)14(12(23)24,15(17,18)19)7(4-20)10(21)27-11/h1-3H,21H2,(H,23,24)(H,25,26). The first-order chi connectivity index (χ1) is 12.5. The van der Waals surface area contributed by atoms with Crippen LogP contribution in [0.5, 0.6) is 5.88 Å². The molecular formula is C15H7BrF3N3O5. The molecule has 0 radical (unpaired) electrons. The van der Waals surface area contributed by atoms with E-state index in [1.165, 1.54) is 12.1 Å². The molecular weight excluding hydrogens is 439 g/mol. The van der Waals surface area contributed by atoms with Gasteiger partial charge in [-0.3, -0.25) is 4.79 Å². The maximum absolute atomic E-state index is 14.1. The fourth-order valence-electron chi connectivity index (χ4n) is 3.11. The fourth-order valence-corrected chi connectivity index (χ4v) is 3.46. The number of aliphatic carboxylic acids is 1. The van der Waals surface area contributed by atoms with Crippen LogP contribution in [-0.2, 0) is 10.2 Å². The second kappa shape index (κ2) is 5.65. The summed E-state index contributed by atoms with van der Waals surface area (Å²) >= 11 is 3.07. The monoisotopic (exact) mass is 445 g/mol. The number of ether oxygens (including phenoxy) is 1. The topological polar surface area (TPSA) is 139 Å². The second-order valence-corrected chi connectivity index (χ2v) is 6.38. The number of carboxylic acid groups (broad SMARTS) is 2. The van der Waals surface area contributed by atoms with Gasteiger partial charge in [-0.2, -0.15) is 18.4 Å². The molecule has 1 unspecified atom stereocenters. The van der Waals surface area contributed by atoms with Crippen molar-refractivity contribution in [1.29, 1.82) is 5.26 Å². The lowest BCUT2D eigenvalue weighted by molar-refractivity contribution is -0.197. The van der Waals surface area contributed by atoms with Gasteiger partial charge >= 0.3 is 18.2 Å². The van der Waals surface area contributed by atoms with Gasteiger partial charge in [-0.15, -0.1) is 0 Å². The SMILES string of the molecule is N#CC1=C(N)Oc2c(c3ccc(Br)cc3n2C(=O)O)C1(C(=O)O)C(F)(F)F. The molecule has 27 heavy (non-hydrogen) atoms. The van der Waals surface area contributed by atoms with Crippen LogP contribution in [0.1, 0.15) is 5.56 Å². The Balaban J connectivity index is 2.66. The number of halogens is 4. The van der Waals surface area contributed by atoms with Gasteiger partial charge in [-0.05, 0) is 12.1 Å². The molecule has 0 saturated heterocycles. The van der Waals surface area contributed by atoms with Crippen LogP contribution in [0, 0.1) is 11.3 Å². The molecule has 140 valence electrons. The average Bonchev–Trinajstić information content (AvgIpc) is 2.84. The Hall–Kier alpha value is -3.20. The molecule has 1 aromatic carbocycles. The van der Waals surface area contributed by atoms with Crippen molar-refractivity contribution in [2.24, 2.45) is 5.73 Å². The fraction of sp³-hybridized carbons (Fsp3) is 0.133. The Morgan fingerprint density at radius 1 is 1.33 bits per heavy atom. The molecule has 8 nitrogen and oxygen atoms in total. The van der Waals surface area contributed by atoms with Crippen LogP contribution < -0.4 is 10.5 Å². The molecule has 0 fully saturated rings. The van der Waals surface area contributed by atoms with Gasteiger partial charge in [-0.25, -0.2) is 9.36 Å². The Kier molecular flexibility index (Phi) is 3.89. The summed E-state index contributed by atoms with van der Waals surface area (Å²) < 4.78 is 48.0. The van der Waals surface area contributed by atoms with E-state index >= 15 is 0 Å². The van der Waals surface area contributed by atoms with Crippen LogP contribution in [-0.4, -0.2) is 33.0 Å². The van der Waals surface area contributed by atoms with Gasteiger partial charge in [0.25, 0.3) is 0 Å². The van der Waals surface area contributed by atoms with Crippen molar-refractivity contribution in [3.05, 3.63) is 39.7 Å². The summed E-state index contributed by atoms with van der Waals surface area (Å²) in [4.78, 5) is 23.6. The largest absolute Gasteiger partial charge is 0.480 e. The normalized spacial score (nSPS) is 19.4. The van der Waals surface area contributed by atoms with Crippen LogP contribution in [0.25, 0.3) is 10.9 Å². The highest BCUT2D eigenvalue weighted by molar-refractivity contribution is 9.10. The van der Waals surface area contributed by atoms with E-state index in [1.807, 2.05) is 0 Å². The number of aromatic nitrogens is 1. The van der Waals surface area contributed by atoms with Crippen molar-refractivity contribution in [1.82, 2.24) is 4.57 Å². The first-order valence-corrected chi connectivity index (χ1v) is 7.73. The van der Waals surface area contributed by atoms with E-state index < -0.39 is 46.6 Å². The molecule has 1 aliphatic rings. The smallest absolute Gasteiger partial charge is 0.418 e. The minimum absolute atomic E-state index is 0.274. The van der Waals surface area contributed by atoms with E-state index in [1.54, 1.807) is 0 Å². The Morgan fingerprint density at radius 3 is 2.44 bits per heavy atom. The van der Waals surface area contributed by atoms with Crippen molar-refractivity contribution >= 4 is 38.9 Å². The molecule has 2 heterocycles. The average molecular weight is 446 g/mol. The zero-order valence-corrected chi connectivity index (χ0v) is 14.4. The third kappa shape index (κ3) is 2.21. The highest BCUT2D eigenvalue weighted by Gasteiger charge is 2.70. The zero-order chi connectivity index (χ0) is 20.3. The van der Waals surface area contributed by atoms with Gasteiger partial charge < -0.3 is 20.7 Å². The number of carbonyl (C=O) groups is 2. The number of nitriles is 1. The summed E-state index contributed by atoms with van der Waals surface area (Å²) in [6.07, 6.45) is -7.26. The van der Waals surface area contributed by atoms with Gasteiger partial charge in [0, 0.05) is 9.86 Å². The number of benzene rings is 1. The third-order valence-corrected chi connectivity index (χ3v) is 4.63. The molecule has 1 atom stereocenters. The van der Waals surface area contributed by atoms with Crippen LogP contribution in [0.15, 0.2) is 34.1 Å².